The fraction of sp³-hybridized carbons (Fsp3) is 0. The number of carboxylic acids is 2. The molecule has 0 saturated heterocycles. The zero-order chi connectivity index (χ0) is 20.8. The van der Waals surface area contributed by atoms with Gasteiger partial charge in [0.05, 0.1) is 0 Å². The smallest absolute Gasteiger partial charge is 0.328 e. The van der Waals surface area contributed by atoms with Crippen molar-refractivity contribution in [3.05, 3.63) is 64.8 Å². The van der Waals surface area contributed by atoms with Crippen molar-refractivity contribution < 1.29 is 39.5 Å². The van der Waals surface area contributed by atoms with Crippen LogP contribution in [-0.4, -0.2) is 37.5 Å². The average molecular weight is 386 g/mol. The van der Waals surface area contributed by atoms with E-state index in [4.69, 9.17) is 14.6 Å². The lowest BCUT2D eigenvalue weighted by atomic mass is 10.1. The summed E-state index contributed by atoms with van der Waals surface area (Å²) in [6.45, 7) is 0. The predicted molar refractivity (Wildman–Crippen MR) is 97.3 cm³/mol. The molecule has 0 spiro atoms. The summed E-state index contributed by atoms with van der Waals surface area (Å²) in [5.74, 6) is -4.18. The number of aromatic hydroxyl groups is 3. The summed E-state index contributed by atoms with van der Waals surface area (Å²) < 4.78 is 5.51. The molecular formula is C19H14O9. The van der Waals surface area contributed by atoms with E-state index in [2.05, 4.69) is 0 Å². The van der Waals surface area contributed by atoms with E-state index in [1.165, 1.54) is 6.07 Å². The molecule has 0 radical (unpaired) electrons. The molecule has 9 nitrogen and oxygen atoms in total. The van der Waals surface area contributed by atoms with Crippen molar-refractivity contribution in [2.75, 3.05) is 0 Å². The normalized spacial score (nSPS) is 10.4. The first kappa shape index (κ1) is 20.0. The molecule has 0 aliphatic carbocycles. The van der Waals surface area contributed by atoms with Crippen molar-refractivity contribution in [2.24, 2.45) is 0 Å². The summed E-state index contributed by atoms with van der Waals surface area (Å²) in [6.07, 6.45) is 1.12. The van der Waals surface area contributed by atoms with Gasteiger partial charge in [-0.25, -0.2) is 9.59 Å². The maximum atomic E-state index is 12.0. The molecule has 0 amide bonds. The molecule has 0 saturated carbocycles. The SMILES string of the molecule is O=C(O)/C=C/C(=O)O.O=c1cc(-c2ccccc2)oc2cc(O)c(O)c(O)c12. The van der Waals surface area contributed by atoms with Gasteiger partial charge in [-0.2, -0.15) is 0 Å². The Balaban J connectivity index is 0.000000300. The van der Waals surface area contributed by atoms with Crippen LogP contribution in [0.2, 0.25) is 0 Å². The molecule has 0 aliphatic heterocycles. The number of phenols is 3. The van der Waals surface area contributed by atoms with Crippen LogP contribution < -0.4 is 5.43 Å². The summed E-state index contributed by atoms with van der Waals surface area (Å²) >= 11 is 0. The van der Waals surface area contributed by atoms with Gasteiger partial charge in [-0.3, -0.25) is 4.79 Å². The molecule has 144 valence electrons. The van der Waals surface area contributed by atoms with E-state index >= 15 is 0 Å². The highest BCUT2D eigenvalue weighted by Gasteiger charge is 2.17. The summed E-state index contributed by atoms with van der Waals surface area (Å²) in [5.41, 5.74) is 0.195. The van der Waals surface area contributed by atoms with Crippen LogP contribution in [0.1, 0.15) is 0 Å². The Bertz CT molecular complexity index is 1100. The van der Waals surface area contributed by atoms with Crippen molar-refractivity contribution in [3.8, 4) is 28.6 Å². The Morgan fingerprint density at radius 3 is 1.96 bits per heavy atom. The molecule has 1 aromatic heterocycles. The summed E-state index contributed by atoms with van der Waals surface area (Å²) in [6, 6.07) is 11.3. The number of rotatable bonds is 3. The quantitative estimate of drug-likeness (QED) is 0.335. The van der Waals surface area contributed by atoms with Gasteiger partial charge >= 0.3 is 11.9 Å². The minimum Gasteiger partial charge on any atom is -0.504 e. The van der Waals surface area contributed by atoms with Gasteiger partial charge in [-0.05, 0) is 0 Å². The lowest BCUT2D eigenvalue weighted by Gasteiger charge is -2.06. The van der Waals surface area contributed by atoms with Gasteiger partial charge in [0.25, 0.3) is 0 Å². The van der Waals surface area contributed by atoms with Gasteiger partial charge < -0.3 is 29.9 Å². The Labute approximate surface area is 156 Å². The van der Waals surface area contributed by atoms with Gasteiger partial charge in [-0.15, -0.1) is 0 Å². The van der Waals surface area contributed by atoms with E-state index in [1.54, 1.807) is 24.3 Å². The Morgan fingerprint density at radius 1 is 0.857 bits per heavy atom. The van der Waals surface area contributed by atoms with Crippen LogP contribution in [0.4, 0.5) is 0 Å². The molecule has 0 atom stereocenters. The maximum Gasteiger partial charge on any atom is 0.328 e. The average Bonchev–Trinajstić information content (AvgIpc) is 2.65. The van der Waals surface area contributed by atoms with Crippen LogP contribution in [-0.2, 0) is 9.59 Å². The first-order chi connectivity index (χ1) is 13.2. The number of carbonyl (C=O) groups is 2. The van der Waals surface area contributed by atoms with Crippen LogP contribution in [0.3, 0.4) is 0 Å². The van der Waals surface area contributed by atoms with Crippen LogP contribution in [0.25, 0.3) is 22.3 Å². The van der Waals surface area contributed by atoms with Crippen LogP contribution in [0.15, 0.2) is 63.8 Å². The Kier molecular flexibility index (Phi) is 6.02. The number of hydrogen-bond acceptors (Lipinski definition) is 7. The second kappa shape index (κ2) is 8.41. The third-order valence-electron chi connectivity index (χ3n) is 3.37. The maximum absolute atomic E-state index is 12.0. The van der Waals surface area contributed by atoms with Gasteiger partial charge in [0.2, 0.25) is 5.75 Å². The van der Waals surface area contributed by atoms with E-state index < -0.39 is 34.6 Å². The lowest BCUT2D eigenvalue weighted by molar-refractivity contribution is -0.134. The van der Waals surface area contributed by atoms with E-state index in [9.17, 15) is 29.7 Å². The van der Waals surface area contributed by atoms with Crippen molar-refractivity contribution in [1.82, 2.24) is 0 Å². The van der Waals surface area contributed by atoms with Gasteiger partial charge in [0.15, 0.2) is 16.9 Å². The van der Waals surface area contributed by atoms with Gasteiger partial charge in [-0.1, -0.05) is 30.3 Å². The van der Waals surface area contributed by atoms with Gasteiger partial charge in [0.1, 0.15) is 16.7 Å². The van der Waals surface area contributed by atoms with Crippen molar-refractivity contribution >= 4 is 22.9 Å². The highest BCUT2D eigenvalue weighted by atomic mass is 16.4. The molecule has 0 fully saturated rings. The highest BCUT2D eigenvalue weighted by Crippen LogP contribution is 2.40. The van der Waals surface area contributed by atoms with Crippen LogP contribution >= 0.6 is 0 Å². The Morgan fingerprint density at radius 2 is 1.43 bits per heavy atom. The molecule has 2 aromatic carbocycles. The molecule has 0 bridgehead atoms. The third kappa shape index (κ3) is 4.67. The number of phenolic OH excluding ortho intramolecular Hbond substituents is 3. The van der Waals surface area contributed by atoms with E-state index in [1.807, 2.05) is 6.07 Å². The first-order valence-corrected chi connectivity index (χ1v) is 7.61. The molecule has 3 rings (SSSR count). The topological polar surface area (TPSA) is 165 Å². The second-order valence-corrected chi connectivity index (χ2v) is 5.32. The standard InChI is InChI=1S/C15H10O5.C4H4O4/c16-9-6-11(8-4-2-1-3-5-8)20-12-7-10(17)14(18)15(19)13(9)12;5-3(6)1-2-4(7)8/h1-7,17-19H;1-2H,(H,5,6)(H,7,8)/b;2-1+. The molecule has 5 N–H and O–H groups in total. The van der Waals surface area contributed by atoms with Gasteiger partial charge in [0, 0.05) is 29.8 Å². The number of hydrogen-bond donors (Lipinski definition) is 5. The number of carboxylic acid groups (broad SMARTS) is 2. The summed E-state index contributed by atoms with van der Waals surface area (Å²) in [4.78, 5) is 31.2. The van der Waals surface area contributed by atoms with E-state index in [0.29, 0.717) is 23.5 Å². The van der Waals surface area contributed by atoms with E-state index in [0.717, 1.165) is 6.07 Å². The fourth-order valence-electron chi connectivity index (χ4n) is 2.17. The molecule has 3 aromatic rings. The zero-order valence-corrected chi connectivity index (χ0v) is 14.1. The molecule has 0 aliphatic rings. The van der Waals surface area contributed by atoms with Crippen LogP contribution in [0, 0.1) is 0 Å². The second-order valence-electron chi connectivity index (χ2n) is 5.32. The number of benzene rings is 2. The van der Waals surface area contributed by atoms with Crippen LogP contribution in [0.5, 0.6) is 17.2 Å². The number of fused-ring (bicyclic) bond motifs is 1. The largest absolute Gasteiger partial charge is 0.504 e. The fourth-order valence-corrected chi connectivity index (χ4v) is 2.17. The lowest BCUT2D eigenvalue weighted by Crippen LogP contribution is -2.00. The van der Waals surface area contributed by atoms with Crippen molar-refractivity contribution in [3.63, 3.8) is 0 Å². The predicted octanol–water partition coefficient (Wildman–Crippen LogP) is 2.29. The summed E-state index contributed by atoms with van der Waals surface area (Å²) in [7, 11) is 0. The molecule has 0 unspecified atom stereocenters. The first-order valence-electron chi connectivity index (χ1n) is 7.61. The molecule has 28 heavy (non-hydrogen) atoms. The third-order valence-corrected chi connectivity index (χ3v) is 3.37. The minimum absolute atomic E-state index is 0.00385. The molecule has 1 heterocycles. The monoisotopic (exact) mass is 386 g/mol. The molecule has 9 heteroatoms. The highest BCUT2D eigenvalue weighted by molar-refractivity contribution is 5.90. The van der Waals surface area contributed by atoms with Crippen molar-refractivity contribution in [2.45, 2.75) is 0 Å². The Hall–Kier alpha value is -4.27. The molecular weight excluding hydrogens is 372 g/mol. The van der Waals surface area contributed by atoms with E-state index in [-0.39, 0.29) is 11.0 Å². The minimum atomic E-state index is -1.26. The van der Waals surface area contributed by atoms with Crippen molar-refractivity contribution in [1.29, 1.82) is 0 Å². The zero-order valence-electron chi connectivity index (χ0n) is 14.1. The number of aliphatic carboxylic acids is 2. The summed E-state index contributed by atoms with van der Waals surface area (Å²) in [5, 5.41) is 44.1.